The molecule has 0 saturated carbocycles. The Hall–Kier alpha value is -0.183. The zero-order chi connectivity index (χ0) is 10.8. The maximum Gasteiger partial charge on any atom is 0.197 e. The number of hydrogen-bond donors (Lipinski definition) is 0. The minimum absolute atomic E-state index is 0.572. The normalized spacial score (nSPS) is 10.6. The molecule has 0 fully saturated rings. The van der Waals surface area contributed by atoms with Crippen molar-refractivity contribution >= 4 is 39.9 Å². The summed E-state index contributed by atoms with van der Waals surface area (Å²) in [6.45, 7) is 6.61. The molecule has 0 bridgehead atoms. The Morgan fingerprint density at radius 3 is 2.43 bits per heavy atom. The fraction of sp³-hybridized carbons (Fsp3) is 0.333. The molecule has 0 aromatic carbocycles. The van der Waals surface area contributed by atoms with E-state index in [-0.39, 0.29) is 0 Å². The van der Waals surface area contributed by atoms with E-state index >= 15 is 0 Å². The first-order chi connectivity index (χ1) is 6.38. The fourth-order valence-corrected chi connectivity index (χ4v) is 2.08. The second-order valence-electron chi connectivity index (χ2n) is 3.84. The summed E-state index contributed by atoms with van der Waals surface area (Å²) < 4.78 is 1.31. The molecule has 0 unspecified atom stereocenters. The third kappa shape index (κ3) is 3.90. The monoisotopic (exact) mass is 332 g/mol. The highest BCUT2D eigenvalue weighted by molar-refractivity contribution is 9.11. The van der Waals surface area contributed by atoms with Gasteiger partial charge in [0.1, 0.15) is 12.7 Å². The molecule has 0 aliphatic rings. The van der Waals surface area contributed by atoms with Crippen LogP contribution < -0.4 is 0 Å². The first-order valence-electron chi connectivity index (χ1n) is 4.10. The average Bonchev–Trinajstić information content (AvgIpc) is 2.00. The van der Waals surface area contributed by atoms with Crippen molar-refractivity contribution in [2.24, 2.45) is 0 Å². The Balaban J connectivity index is 3.02. The summed E-state index contributed by atoms with van der Waals surface area (Å²) in [6, 6.07) is 0. The molecule has 0 amide bonds. The molecule has 1 heterocycles. The van der Waals surface area contributed by atoms with E-state index in [2.05, 4.69) is 72.9 Å². The van der Waals surface area contributed by atoms with Crippen molar-refractivity contribution in [3.8, 4) is 11.5 Å². The van der Waals surface area contributed by atoms with Crippen molar-refractivity contribution in [1.29, 1.82) is 0 Å². The van der Waals surface area contributed by atoms with E-state index in [0.717, 1.165) is 10.2 Å². The number of rotatable bonds is 0. The second kappa shape index (κ2) is 4.56. The van der Waals surface area contributed by atoms with Crippen LogP contribution in [0, 0.1) is 11.5 Å². The molecule has 5 heteroatoms. The van der Waals surface area contributed by atoms with Gasteiger partial charge < -0.3 is 0 Å². The van der Waals surface area contributed by atoms with Crippen LogP contribution in [0.25, 0.3) is 0 Å². The summed E-state index contributed by atoms with van der Waals surface area (Å²) in [5.41, 5.74) is 4.11. The number of halogens is 2. The molecule has 0 saturated heterocycles. The number of aromatic nitrogens is 2. The standard InChI is InChI=1S/C9H10Br2N2Si/c1-14(2,3)5-4-7-6-12-9(11)13-8(7)10/h6H,1-3H3. The van der Waals surface area contributed by atoms with E-state index in [1.54, 1.807) is 6.20 Å². The average molecular weight is 334 g/mol. The molecule has 14 heavy (non-hydrogen) atoms. The lowest BCUT2D eigenvalue weighted by molar-refractivity contribution is 1.07. The van der Waals surface area contributed by atoms with Crippen LogP contribution in [0.2, 0.25) is 19.6 Å². The van der Waals surface area contributed by atoms with Gasteiger partial charge in [-0.15, -0.1) is 5.54 Å². The molecule has 1 rings (SSSR count). The van der Waals surface area contributed by atoms with E-state index in [9.17, 15) is 0 Å². The molecule has 2 nitrogen and oxygen atoms in total. The molecule has 0 radical (unpaired) electrons. The number of hydrogen-bond acceptors (Lipinski definition) is 2. The van der Waals surface area contributed by atoms with Crippen LogP contribution in [-0.4, -0.2) is 18.0 Å². The maximum atomic E-state index is 4.11. The second-order valence-corrected chi connectivity index (χ2v) is 10.1. The predicted octanol–water partition coefficient (Wildman–Crippen LogP) is 3.23. The van der Waals surface area contributed by atoms with Crippen molar-refractivity contribution in [3.63, 3.8) is 0 Å². The Bertz CT molecular complexity index is 401. The van der Waals surface area contributed by atoms with E-state index in [0.29, 0.717) is 4.73 Å². The van der Waals surface area contributed by atoms with Crippen LogP contribution in [0.15, 0.2) is 15.5 Å². The summed E-state index contributed by atoms with van der Waals surface area (Å²) in [4.78, 5) is 8.14. The van der Waals surface area contributed by atoms with Crippen molar-refractivity contribution < 1.29 is 0 Å². The quantitative estimate of drug-likeness (QED) is 0.315. The summed E-state index contributed by atoms with van der Waals surface area (Å²) >= 11 is 6.54. The minimum Gasteiger partial charge on any atom is -0.229 e. The molecular weight excluding hydrogens is 324 g/mol. The van der Waals surface area contributed by atoms with Gasteiger partial charge in [-0.2, -0.15) is 0 Å². The molecule has 0 N–H and O–H groups in total. The first kappa shape index (κ1) is 11.9. The van der Waals surface area contributed by atoms with Gasteiger partial charge in [-0.1, -0.05) is 25.6 Å². The lowest BCUT2D eigenvalue weighted by Gasteiger charge is -2.03. The maximum absolute atomic E-state index is 4.11. The van der Waals surface area contributed by atoms with E-state index in [4.69, 9.17) is 0 Å². The van der Waals surface area contributed by atoms with Crippen LogP contribution in [0.4, 0.5) is 0 Å². The van der Waals surface area contributed by atoms with Crippen molar-refractivity contribution in [1.82, 2.24) is 9.97 Å². The van der Waals surface area contributed by atoms with Gasteiger partial charge in [0.05, 0.1) is 5.56 Å². The molecule has 0 aliphatic carbocycles. The van der Waals surface area contributed by atoms with Crippen molar-refractivity contribution in [2.45, 2.75) is 19.6 Å². The summed E-state index contributed by atoms with van der Waals surface area (Å²) in [6.07, 6.45) is 1.72. The highest BCUT2D eigenvalue weighted by Crippen LogP contribution is 2.14. The van der Waals surface area contributed by atoms with Crippen LogP contribution >= 0.6 is 31.9 Å². The van der Waals surface area contributed by atoms with Crippen LogP contribution in [0.3, 0.4) is 0 Å². The molecule has 74 valence electrons. The summed E-state index contributed by atoms with van der Waals surface area (Å²) in [7, 11) is -1.33. The topological polar surface area (TPSA) is 25.8 Å². The van der Waals surface area contributed by atoms with Crippen LogP contribution in [-0.2, 0) is 0 Å². The highest BCUT2D eigenvalue weighted by atomic mass is 79.9. The zero-order valence-corrected chi connectivity index (χ0v) is 12.4. The minimum atomic E-state index is -1.33. The van der Waals surface area contributed by atoms with Gasteiger partial charge in [0, 0.05) is 6.20 Å². The van der Waals surface area contributed by atoms with Gasteiger partial charge in [0.15, 0.2) is 4.73 Å². The lowest BCUT2D eigenvalue weighted by Crippen LogP contribution is -2.16. The molecular formula is C9H10Br2N2Si. The van der Waals surface area contributed by atoms with Crippen molar-refractivity contribution in [2.75, 3.05) is 0 Å². The Kier molecular flexibility index (Phi) is 3.87. The van der Waals surface area contributed by atoms with Gasteiger partial charge >= 0.3 is 0 Å². The molecule has 1 aromatic rings. The van der Waals surface area contributed by atoms with Gasteiger partial charge in [-0.3, -0.25) is 0 Å². The third-order valence-electron chi connectivity index (χ3n) is 1.29. The Labute approximate surface area is 102 Å². The molecule has 1 aromatic heterocycles. The third-order valence-corrected chi connectivity index (χ3v) is 3.15. The largest absolute Gasteiger partial charge is 0.229 e. The van der Waals surface area contributed by atoms with Crippen molar-refractivity contribution in [3.05, 3.63) is 21.1 Å². The van der Waals surface area contributed by atoms with Crippen LogP contribution in [0.1, 0.15) is 5.56 Å². The first-order valence-corrected chi connectivity index (χ1v) is 9.18. The van der Waals surface area contributed by atoms with Gasteiger partial charge in [-0.25, -0.2) is 9.97 Å². The molecule has 0 spiro atoms. The van der Waals surface area contributed by atoms with E-state index in [1.807, 2.05) is 0 Å². The predicted molar refractivity (Wildman–Crippen MR) is 67.7 cm³/mol. The SMILES string of the molecule is C[Si](C)(C)C#Cc1cnc(Br)nc1Br. The number of nitrogens with zero attached hydrogens (tertiary/aromatic N) is 2. The van der Waals surface area contributed by atoms with Gasteiger partial charge in [-0.05, 0) is 31.9 Å². The summed E-state index contributed by atoms with van der Waals surface area (Å²) in [5.74, 6) is 3.10. The zero-order valence-electron chi connectivity index (χ0n) is 8.23. The van der Waals surface area contributed by atoms with E-state index < -0.39 is 8.07 Å². The smallest absolute Gasteiger partial charge is 0.197 e. The Morgan fingerprint density at radius 1 is 1.29 bits per heavy atom. The van der Waals surface area contributed by atoms with Crippen LogP contribution in [0.5, 0.6) is 0 Å². The van der Waals surface area contributed by atoms with Gasteiger partial charge in [0.2, 0.25) is 0 Å². The molecule has 0 atom stereocenters. The molecule has 0 aliphatic heterocycles. The highest BCUT2D eigenvalue weighted by Gasteiger charge is 2.08. The Morgan fingerprint density at radius 2 is 1.93 bits per heavy atom. The fourth-order valence-electron chi connectivity index (χ4n) is 0.680. The van der Waals surface area contributed by atoms with E-state index in [1.165, 1.54) is 0 Å². The lowest BCUT2D eigenvalue weighted by atomic mass is 10.4. The summed E-state index contributed by atoms with van der Waals surface area (Å²) in [5, 5.41) is 0. The van der Waals surface area contributed by atoms with Gasteiger partial charge in [0.25, 0.3) is 0 Å².